The topological polar surface area (TPSA) is 81.2 Å². The van der Waals surface area contributed by atoms with Gasteiger partial charge in [0, 0.05) is 23.5 Å². The Labute approximate surface area is 237 Å². The fourth-order valence-electron chi connectivity index (χ4n) is 6.75. The number of aliphatic hydroxyl groups excluding tert-OH is 1. The van der Waals surface area contributed by atoms with Gasteiger partial charge in [0.2, 0.25) is 11.8 Å². The van der Waals surface area contributed by atoms with Crippen LogP contribution in [0.15, 0.2) is 78.9 Å². The van der Waals surface area contributed by atoms with Crippen molar-refractivity contribution in [1.82, 2.24) is 4.90 Å². The molecule has 1 spiro atoms. The van der Waals surface area contributed by atoms with Crippen LogP contribution in [0.25, 0.3) is 0 Å². The van der Waals surface area contributed by atoms with Crippen molar-refractivity contribution in [2.75, 3.05) is 29.5 Å². The highest BCUT2D eigenvalue weighted by atomic mass is 35.5. The average Bonchev–Trinajstić information content (AvgIpc) is 3.21. The van der Waals surface area contributed by atoms with Gasteiger partial charge in [-0.15, -0.1) is 11.8 Å². The van der Waals surface area contributed by atoms with E-state index in [1.54, 1.807) is 34.9 Å². The largest absolute Gasteiger partial charge is 0.394 e. The number of likely N-dealkylation sites (tertiary alicyclic amines) is 1. The number of aliphatic hydroxyl groups is 1. The molecule has 1 N–H and O–H groups in total. The van der Waals surface area contributed by atoms with Crippen molar-refractivity contribution in [3.8, 4) is 0 Å². The van der Waals surface area contributed by atoms with Crippen molar-refractivity contribution < 1.29 is 19.5 Å². The maximum absolute atomic E-state index is 14.5. The smallest absolute Gasteiger partial charge is 0.251 e. The third kappa shape index (κ3) is 3.79. The molecular weight excluding hydrogens is 534 g/mol. The lowest BCUT2D eigenvalue weighted by molar-refractivity contribution is -0.141. The zero-order chi connectivity index (χ0) is 27.5. The molecule has 3 amide bonds. The van der Waals surface area contributed by atoms with E-state index in [-0.39, 0.29) is 30.9 Å². The average molecular weight is 564 g/mol. The van der Waals surface area contributed by atoms with E-state index in [0.29, 0.717) is 17.3 Å². The second-order valence-corrected chi connectivity index (χ2v) is 13.0. The first-order valence-corrected chi connectivity index (χ1v) is 14.3. The van der Waals surface area contributed by atoms with Crippen molar-refractivity contribution >= 4 is 52.5 Å². The molecule has 6 atom stereocenters. The van der Waals surface area contributed by atoms with Crippen molar-refractivity contribution in [2.45, 2.75) is 35.4 Å². The Morgan fingerprint density at radius 1 is 0.923 bits per heavy atom. The number of anilines is 2. The zero-order valence-electron chi connectivity index (χ0n) is 21.7. The number of fused-ring (bicyclic) bond motifs is 2. The third-order valence-electron chi connectivity index (χ3n) is 8.45. The fraction of sp³-hybridized carbons (Fsp3) is 0.367. The summed E-state index contributed by atoms with van der Waals surface area (Å²) in [5.74, 6) is -2.16. The molecule has 0 aromatic heterocycles. The van der Waals surface area contributed by atoms with Crippen LogP contribution in [0, 0.1) is 11.8 Å². The summed E-state index contributed by atoms with van der Waals surface area (Å²) < 4.78 is -1.70. The van der Waals surface area contributed by atoms with Crippen LogP contribution in [0.5, 0.6) is 0 Å². The molecule has 4 aliphatic heterocycles. The van der Waals surface area contributed by atoms with Gasteiger partial charge in [0.1, 0.15) is 6.04 Å². The lowest BCUT2D eigenvalue weighted by Crippen LogP contribution is -2.56. The predicted octanol–water partition coefficient (Wildman–Crippen LogP) is 3.91. The number of hydrogen-bond acceptors (Lipinski definition) is 5. The van der Waals surface area contributed by atoms with Crippen LogP contribution in [-0.2, 0) is 14.4 Å². The quantitative estimate of drug-likeness (QED) is 0.571. The normalized spacial score (nSPS) is 32.6. The highest BCUT2D eigenvalue weighted by Gasteiger charge is 2.74. The van der Waals surface area contributed by atoms with Gasteiger partial charge in [-0.2, -0.15) is 0 Å². The lowest BCUT2D eigenvalue weighted by atomic mass is 9.74. The monoisotopic (exact) mass is 563 g/mol. The number of carbonyl (C=O) groups is 3. The highest BCUT2D eigenvalue weighted by molar-refractivity contribution is 8.02. The fourth-order valence-corrected chi connectivity index (χ4v) is 9.13. The summed E-state index contributed by atoms with van der Waals surface area (Å²) in [6.45, 7) is 4.12. The van der Waals surface area contributed by atoms with Crippen molar-refractivity contribution in [3.63, 3.8) is 0 Å². The molecule has 2 aromatic carbocycles. The van der Waals surface area contributed by atoms with Gasteiger partial charge in [-0.1, -0.05) is 66.2 Å². The Morgan fingerprint density at radius 3 is 2.31 bits per heavy atom. The number of carbonyl (C=O) groups excluding carboxylic acids is 3. The molecule has 9 heteroatoms. The van der Waals surface area contributed by atoms with Gasteiger partial charge in [0.25, 0.3) is 5.91 Å². The molecule has 0 bridgehead atoms. The molecule has 4 heterocycles. The standard InChI is InChI=1S/C30H30ClN3O4S/c1-19(18-35)34-25-28(38)33(22-13-7-6-12-21(22)31)17-9-15-30(25)24(27(34)37)23-26(36)32(20-10-4-3-5-11-20)16-8-14-29(23,2)39-30/h3-15,19,23-25,35H,16-18H2,1-2H3/t19-,23+,24+,25?,29-,30+/m1/s1. The van der Waals surface area contributed by atoms with Crippen molar-refractivity contribution in [3.05, 3.63) is 83.9 Å². The van der Waals surface area contributed by atoms with E-state index in [4.69, 9.17) is 11.6 Å². The van der Waals surface area contributed by atoms with E-state index in [1.807, 2.05) is 67.6 Å². The van der Waals surface area contributed by atoms with E-state index < -0.39 is 33.4 Å². The second-order valence-electron chi connectivity index (χ2n) is 10.8. The summed E-state index contributed by atoms with van der Waals surface area (Å²) in [6, 6.07) is 15.1. The Balaban J connectivity index is 1.50. The van der Waals surface area contributed by atoms with Crippen LogP contribution in [0.3, 0.4) is 0 Å². The molecule has 1 unspecified atom stereocenters. The molecule has 7 nitrogen and oxygen atoms in total. The van der Waals surface area contributed by atoms with Gasteiger partial charge in [-0.25, -0.2) is 0 Å². The van der Waals surface area contributed by atoms with Gasteiger partial charge in [0.05, 0.1) is 39.9 Å². The molecule has 0 radical (unpaired) electrons. The Hall–Kier alpha value is -3.07. The lowest BCUT2D eigenvalue weighted by Gasteiger charge is -2.39. The highest BCUT2D eigenvalue weighted by Crippen LogP contribution is 2.66. The van der Waals surface area contributed by atoms with Gasteiger partial charge in [-0.3, -0.25) is 14.4 Å². The predicted molar refractivity (Wildman–Crippen MR) is 154 cm³/mol. The molecule has 39 heavy (non-hydrogen) atoms. The summed E-state index contributed by atoms with van der Waals surface area (Å²) in [5, 5.41) is 10.6. The maximum atomic E-state index is 14.5. The Morgan fingerprint density at radius 2 is 1.59 bits per heavy atom. The first kappa shape index (κ1) is 26.2. The number of thioether (sulfide) groups is 1. The minimum absolute atomic E-state index is 0.137. The molecule has 0 aliphatic carbocycles. The van der Waals surface area contributed by atoms with Crippen LogP contribution < -0.4 is 9.80 Å². The van der Waals surface area contributed by atoms with E-state index in [2.05, 4.69) is 0 Å². The number of amides is 3. The van der Waals surface area contributed by atoms with E-state index >= 15 is 0 Å². The second kappa shape index (κ2) is 9.54. The minimum Gasteiger partial charge on any atom is -0.394 e. The van der Waals surface area contributed by atoms with E-state index in [9.17, 15) is 19.5 Å². The molecule has 2 aromatic rings. The van der Waals surface area contributed by atoms with Crippen LogP contribution in [0.2, 0.25) is 5.02 Å². The van der Waals surface area contributed by atoms with Gasteiger partial charge < -0.3 is 19.8 Å². The summed E-state index contributed by atoms with van der Waals surface area (Å²) in [7, 11) is 0. The zero-order valence-corrected chi connectivity index (χ0v) is 23.3. The minimum atomic E-state index is -0.993. The Kier molecular flexibility index (Phi) is 6.40. The van der Waals surface area contributed by atoms with Gasteiger partial charge in [-0.05, 0) is 38.1 Å². The van der Waals surface area contributed by atoms with Gasteiger partial charge in [0.15, 0.2) is 0 Å². The molecule has 0 saturated carbocycles. The molecule has 6 rings (SSSR count). The first-order valence-electron chi connectivity index (χ1n) is 13.1. The summed E-state index contributed by atoms with van der Waals surface area (Å²) in [5.41, 5.74) is 1.33. The number of halogens is 1. The number of para-hydroxylation sites is 2. The van der Waals surface area contributed by atoms with E-state index in [1.165, 1.54) is 16.7 Å². The van der Waals surface area contributed by atoms with E-state index in [0.717, 1.165) is 5.69 Å². The van der Waals surface area contributed by atoms with Crippen LogP contribution >= 0.6 is 23.4 Å². The summed E-state index contributed by atoms with van der Waals surface area (Å²) in [4.78, 5) is 48.1. The van der Waals surface area contributed by atoms with Crippen molar-refractivity contribution in [2.24, 2.45) is 11.8 Å². The molecule has 4 aliphatic rings. The number of hydrogen-bond donors (Lipinski definition) is 1. The van der Waals surface area contributed by atoms with Crippen LogP contribution in [-0.4, -0.2) is 69.0 Å². The van der Waals surface area contributed by atoms with Crippen LogP contribution in [0.4, 0.5) is 11.4 Å². The molecule has 2 saturated heterocycles. The first-order chi connectivity index (χ1) is 18.7. The summed E-state index contributed by atoms with van der Waals surface area (Å²) in [6.07, 6.45) is 7.91. The number of nitrogens with zero attached hydrogens (tertiary/aromatic N) is 3. The number of benzene rings is 2. The number of rotatable bonds is 4. The Bertz CT molecular complexity index is 1400. The molecule has 202 valence electrons. The third-order valence-corrected chi connectivity index (χ3v) is 10.6. The molecular formula is C30H30ClN3O4S. The van der Waals surface area contributed by atoms with Crippen molar-refractivity contribution in [1.29, 1.82) is 0 Å². The van der Waals surface area contributed by atoms with Crippen LogP contribution in [0.1, 0.15) is 13.8 Å². The maximum Gasteiger partial charge on any atom is 0.251 e. The molecule has 2 fully saturated rings. The van der Waals surface area contributed by atoms with Gasteiger partial charge >= 0.3 is 0 Å². The SMILES string of the molecule is C[C@H](CO)N1C(=O)[C@@H]2[C@H]3C(=O)N(c4ccccc4)CC=C[C@@]3(C)S[C@@]23C=CCN(c2ccccc2Cl)C(=O)C13. The summed E-state index contributed by atoms with van der Waals surface area (Å²) >= 11 is 8.04.